The van der Waals surface area contributed by atoms with Gasteiger partial charge < -0.3 is 14.2 Å². The first kappa shape index (κ1) is 16.8. The lowest BCUT2D eigenvalue weighted by Gasteiger charge is -2.12. The summed E-state index contributed by atoms with van der Waals surface area (Å²) in [7, 11) is 4.76. The lowest BCUT2D eigenvalue weighted by Crippen LogP contribution is -1.96. The second kappa shape index (κ2) is 6.95. The molecule has 0 atom stereocenters. The molecule has 0 spiro atoms. The van der Waals surface area contributed by atoms with Crippen LogP contribution in [-0.4, -0.2) is 41.1 Å². The fraction of sp³-hybridized carbons (Fsp3) is 0.150. The third-order valence-electron chi connectivity index (χ3n) is 4.29. The molecule has 0 radical (unpaired) electrons. The largest absolute Gasteiger partial charge is 0.493 e. The van der Waals surface area contributed by atoms with Crippen LogP contribution in [0.15, 0.2) is 42.6 Å². The van der Waals surface area contributed by atoms with Crippen LogP contribution in [0.25, 0.3) is 28.6 Å². The van der Waals surface area contributed by atoms with E-state index in [9.17, 15) is 0 Å². The Kier molecular flexibility index (Phi) is 4.33. The van der Waals surface area contributed by atoms with Crippen LogP contribution in [0.5, 0.6) is 17.2 Å². The molecule has 7 heteroatoms. The predicted molar refractivity (Wildman–Crippen MR) is 103 cm³/mol. The second-order valence-electron chi connectivity index (χ2n) is 5.82. The summed E-state index contributed by atoms with van der Waals surface area (Å²) in [5, 5.41) is 15.0. The number of rotatable bonds is 5. The summed E-state index contributed by atoms with van der Waals surface area (Å²) >= 11 is 0. The molecule has 0 N–H and O–H groups in total. The summed E-state index contributed by atoms with van der Waals surface area (Å²) < 4.78 is 17.9. The first-order valence-corrected chi connectivity index (χ1v) is 8.32. The molecule has 7 nitrogen and oxygen atoms in total. The SMILES string of the molecule is COc1cc(/C=C\c2nnc3c4ccccc4cnn23)cc(OC)c1OC. The minimum Gasteiger partial charge on any atom is -0.493 e. The van der Waals surface area contributed by atoms with E-state index in [1.54, 1.807) is 25.8 Å². The van der Waals surface area contributed by atoms with Gasteiger partial charge >= 0.3 is 0 Å². The van der Waals surface area contributed by atoms with Crippen molar-refractivity contribution in [1.29, 1.82) is 0 Å². The summed E-state index contributed by atoms with van der Waals surface area (Å²) in [5.41, 5.74) is 1.60. The van der Waals surface area contributed by atoms with Gasteiger partial charge in [-0.05, 0) is 23.8 Å². The summed E-state index contributed by atoms with van der Waals surface area (Å²) in [4.78, 5) is 0. The Morgan fingerprint density at radius 2 is 1.63 bits per heavy atom. The highest BCUT2D eigenvalue weighted by Crippen LogP contribution is 2.38. The number of hydrogen-bond acceptors (Lipinski definition) is 6. The quantitative estimate of drug-likeness (QED) is 0.541. The molecule has 0 unspecified atom stereocenters. The highest BCUT2D eigenvalue weighted by Gasteiger charge is 2.12. The smallest absolute Gasteiger partial charge is 0.203 e. The van der Waals surface area contributed by atoms with E-state index in [0.29, 0.717) is 23.1 Å². The van der Waals surface area contributed by atoms with Crippen molar-refractivity contribution >= 4 is 28.6 Å². The molecule has 2 heterocycles. The molecule has 4 aromatic rings. The lowest BCUT2D eigenvalue weighted by atomic mass is 10.1. The topological polar surface area (TPSA) is 70.8 Å². The van der Waals surface area contributed by atoms with Crippen LogP contribution in [0.2, 0.25) is 0 Å². The third-order valence-corrected chi connectivity index (χ3v) is 4.29. The van der Waals surface area contributed by atoms with E-state index in [1.807, 2.05) is 54.7 Å². The monoisotopic (exact) mass is 362 g/mol. The van der Waals surface area contributed by atoms with Crippen LogP contribution in [0.3, 0.4) is 0 Å². The zero-order chi connectivity index (χ0) is 18.8. The van der Waals surface area contributed by atoms with Gasteiger partial charge in [0.2, 0.25) is 5.75 Å². The number of aromatic nitrogens is 4. The van der Waals surface area contributed by atoms with Crippen molar-refractivity contribution in [1.82, 2.24) is 19.8 Å². The number of fused-ring (bicyclic) bond motifs is 3. The van der Waals surface area contributed by atoms with Crippen molar-refractivity contribution in [2.75, 3.05) is 21.3 Å². The van der Waals surface area contributed by atoms with Gasteiger partial charge in [0, 0.05) is 10.8 Å². The summed E-state index contributed by atoms with van der Waals surface area (Å²) in [5.74, 6) is 2.36. The van der Waals surface area contributed by atoms with E-state index in [-0.39, 0.29) is 0 Å². The Balaban J connectivity index is 1.76. The number of benzene rings is 2. The van der Waals surface area contributed by atoms with E-state index in [1.165, 1.54) is 0 Å². The molecule has 0 aliphatic carbocycles. The molecule has 0 saturated carbocycles. The number of nitrogens with zero attached hydrogens (tertiary/aromatic N) is 4. The van der Waals surface area contributed by atoms with Gasteiger partial charge in [-0.1, -0.05) is 30.3 Å². The highest BCUT2D eigenvalue weighted by atomic mass is 16.5. The Hall–Kier alpha value is -3.61. The molecule has 0 saturated heterocycles. The van der Waals surface area contributed by atoms with Crippen molar-refractivity contribution in [3.8, 4) is 17.2 Å². The average Bonchev–Trinajstić information content (AvgIpc) is 3.14. The normalized spacial score (nSPS) is 11.4. The second-order valence-corrected chi connectivity index (χ2v) is 5.82. The van der Waals surface area contributed by atoms with E-state index in [4.69, 9.17) is 14.2 Å². The minimum absolute atomic E-state index is 0.554. The fourth-order valence-corrected chi connectivity index (χ4v) is 2.98. The minimum atomic E-state index is 0.554. The summed E-state index contributed by atoms with van der Waals surface area (Å²) in [6.45, 7) is 0. The van der Waals surface area contributed by atoms with Gasteiger partial charge in [-0.2, -0.15) is 9.61 Å². The molecular formula is C20H18N4O3. The average molecular weight is 362 g/mol. The Morgan fingerprint density at radius 1 is 0.889 bits per heavy atom. The van der Waals surface area contributed by atoms with Gasteiger partial charge in [-0.25, -0.2) is 0 Å². The van der Waals surface area contributed by atoms with E-state index >= 15 is 0 Å². The maximum atomic E-state index is 5.39. The molecular weight excluding hydrogens is 344 g/mol. The molecule has 27 heavy (non-hydrogen) atoms. The van der Waals surface area contributed by atoms with E-state index < -0.39 is 0 Å². The molecule has 0 bridgehead atoms. The maximum Gasteiger partial charge on any atom is 0.203 e. The molecule has 0 fully saturated rings. The van der Waals surface area contributed by atoms with Crippen LogP contribution >= 0.6 is 0 Å². The van der Waals surface area contributed by atoms with Crippen molar-refractivity contribution in [2.45, 2.75) is 0 Å². The van der Waals surface area contributed by atoms with Crippen LogP contribution < -0.4 is 14.2 Å². The first-order chi connectivity index (χ1) is 13.2. The fourth-order valence-electron chi connectivity index (χ4n) is 2.98. The van der Waals surface area contributed by atoms with Gasteiger partial charge in [-0.3, -0.25) is 0 Å². The van der Waals surface area contributed by atoms with Gasteiger partial charge in [-0.15, -0.1) is 10.2 Å². The number of methoxy groups -OCH3 is 3. The zero-order valence-corrected chi connectivity index (χ0v) is 15.2. The van der Waals surface area contributed by atoms with Crippen molar-refractivity contribution in [3.05, 3.63) is 54.0 Å². The molecule has 2 aromatic carbocycles. The molecule has 0 aliphatic rings. The third kappa shape index (κ3) is 2.93. The molecule has 0 amide bonds. The number of hydrogen-bond donors (Lipinski definition) is 0. The van der Waals surface area contributed by atoms with Gasteiger partial charge in [0.1, 0.15) is 0 Å². The maximum absolute atomic E-state index is 5.39. The van der Waals surface area contributed by atoms with Gasteiger partial charge in [0.25, 0.3) is 0 Å². The van der Waals surface area contributed by atoms with Gasteiger partial charge in [0.15, 0.2) is 23.0 Å². The van der Waals surface area contributed by atoms with Crippen LogP contribution in [0.1, 0.15) is 11.4 Å². The van der Waals surface area contributed by atoms with Crippen molar-refractivity contribution < 1.29 is 14.2 Å². The first-order valence-electron chi connectivity index (χ1n) is 8.32. The van der Waals surface area contributed by atoms with E-state index in [2.05, 4.69) is 15.3 Å². The van der Waals surface area contributed by atoms with Crippen LogP contribution in [0, 0.1) is 0 Å². The predicted octanol–water partition coefficient (Wildman–Crippen LogP) is 3.47. The van der Waals surface area contributed by atoms with E-state index in [0.717, 1.165) is 22.0 Å². The summed E-state index contributed by atoms with van der Waals surface area (Å²) in [6, 6.07) is 11.7. The number of ether oxygens (including phenoxy) is 3. The Morgan fingerprint density at radius 3 is 2.33 bits per heavy atom. The molecule has 2 aromatic heterocycles. The molecule has 4 rings (SSSR count). The summed E-state index contributed by atoms with van der Waals surface area (Å²) in [6.07, 6.45) is 5.56. The Bertz CT molecular complexity index is 1130. The standard InChI is InChI=1S/C20H18N4O3/c1-25-16-10-13(11-17(26-2)19(16)27-3)8-9-18-22-23-20-15-7-5-4-6-14(15)12-21-24(18)20/h4-12H,1-3H3/b9-8-. The van der Waals surface area contributed by atoms with Crippen molar-refractivity contribution in [3.63, 3.8) is 0 Å². The highest BCUT2D eigenvalue weighted by molar-refractivity contribution is 5.93. The van der Waals surface area contributed by atoms with Crippen LogP contribution in [0.4, 0.5) is 0 Å². The van der Waals surface area contributed by atoms with Gasteiger partial charge in [0.05, 0.1) is 27.5 Å². The van der Waals surface area contributed by atoms with Crippen molar-refractivity contribution in [2.24, 2.45) is 0 Å². The van der Waals surface area contributed by atoms with Crippen LogP contribution in [-0.2, 0) is 0 Å². The molecule has 136 valence electrons. The molecule has 0 aliphatic heterocycles. The zero-order valence-electron chi connectivity index (χ0n) is 15.2. The Labute approximate surface area is 155 Å². The lowest BCUT2D eigenvalue weighted by molar-refractivity contribution is 0.324.